The summed E-state index contributed by atoms with van der Waals surface area (Å²) >= 11 is 3.47. The SMILES string of the molecule is CCOc1c(Br)cc(C(=O)N2CCc3ccccc32)cc1OC. The molecule has 0 aromatic heterocycles. The lowest BCUT2D eigenvalue weighted by molar-refractivity contribution is 0.0989. The summed E-state index contributed by atoms with van der Waals surface area (Å²) in [6, 6.07) is 11.5. The molecule has 0 bridgehead atoms. The Labute approximate surface area is 144 Å². The van der Waals surface area contributed by atoms with E-state index in [2.05, 4.69) is 22.0 Å². The van der Waals surface area contributed by atoms with E-state index in [1.54, 1.807) is 19.2 Å². The van der Waals surface area contributed by atoms with E-state index in [1.807, 2.05) is 30.0 Å². The molecule has 0 fully saturated rings. The number of hydrogen-bond donors (Lipinski definition) is 0. The Morgan fingerprint density at radius 1 is 1.30 bits per heavy atom. The molecular weight excluding hydrogens is 358 g/mol. The van der Waals surface area contributed by atoms with Crippen LogP contribution in [0.15, 0.2) is 40.9 Å². The molecule has 0 atom stereocenters. The summed E-state index contributed by atoms with van der Waals surface area (Å²) in [7, 11) is 1.57. The number of methoxy groups -OCH3 is 1. The van der Waals surface area contributed by atoms with Gasteiger partial charge in [-0.1, -0.05) is 18.2 Å². The molecular formula is C18H18BrNO3. The predicted octanol–water partition coefficient (Wildman–Crippen LogP) is 4.06. The molecule has 3 rings (SSSR count). The lowest BCUT2D eigenvalue weighted by Gasteiger charge is -2.19. The van der Waals surface area contributed by atoms with Crippen LogP contribution in [0.3, 0.4) is 0 Å². The fraction of sp³-hybridized carbons (Fsp3) is 0.278. The van der Waals surface area contributed by atoms with Gasteiger partial charge < -0.3 is 14.4 Å². The highest BCUT2D eigenvalue weighted by Gasteiger charge is 2.26. The summed E-state index contributed by atoms with van der Waals surface area (Å²) < 4.78 is 11.7. The van der Waals surface area contributed by atoms with E-state index in [0.717, 1.165) is 16.6 Å². The van der Waals surface area contributed by atoms with Crippen LogP contribution in [-0.2, 0) is 6.42 Å². The molecule has 1 heterocycles. The molecule has 2 aromatic rings. The van der Waals surface area contributed by atoms with E-state index in [9.17, 15) is 4.79 Å². The van der Waals surface area contributed by atoms with Gasteiger partial charge in [0.05, 0.1) is 18.2 Å². The van der Waals surface area contributed by atoms with Crippen molar-refractivity contribution in [3.8, 4) is 11.5 Å². The fourth-order valence-electron chi connectivity index (χ4n) is 2.83. The number of rotatable bonds is 4. The second kappa shape index (κ2) is 6.62. The first-order valence-corrected chi connectivity index (χ1v) is 8.35. The first-order chi connectivity index (χ1) is 11.2. The number of carbonyl (C=O) groups excluding carboxylic acids is 1. The van der Waals surface area contributed by atoms with Gasteiger partial charge in [-0.05, 0) is 53.0 Å². The van der Waals surface area contributed by atoms with Crippen molar-refractivity contribution < 1.29 is 14.3 Å². The molecule has 5 heteroatoms. The lowest BCUT2D eigenvalue weighted by atomic mass is 10.1. The Hall–Kier alpha value is -2.01. The monoisotopic (exact) mass is 375 g/mol. The van der Waals surface area contributed by atoms with Crippen LogP contribution in [0.1, 0.15) is 22.8 Å². The molecule has 2 aromatic carbocycles. The Balaban J connectivity index is 1.96. The van der Waals surface area contributed by atoms with Gasteiger partial charge in [-0.3, -0.25) is 4.79 Å². The van der Waals surface area contributed by atoms with E-state index < -0.39 is 0 Å². The highest BCUT2D eigenvalue weighted by molar-refractivity contribution is 9.10. The number of amides is 1. The molecule has 0 radical (unpaired) electrons. The average molecular weight is 376 g/mol. The van der Waals surface area contributed by atoms with Crippen molar-refractivity contribution in [3.05, 3.63) is 52.0 Å². The highest BCUT2D eigenvalue weighted by Crippen LogP contribution is 2.38. The number of nitrogens with zero attached hydrogens (tertiary/aromatic N) is 1. The number of fused-ring (bicyclic) bond motifs is 1. The summed E-state index contributed by atoms with van der Waals surface area (Å²) in [6.45, 7) is 3.14. The molecule has 0 aliphatic carbocycles. The van der Waals surface area contributed by atoms with Crippen molar-refractivity contribution in [2.75, 3.05) is 25.2 Å². The molecule has 1 amide bonds. The molecule has 0 N–H and O–H groups in total. The van der Waals surface area contributed by atoms with E-state index in [-0.39, 0.29) is 5.91 Å². The molecule has 1 aliphatic heterocycles. The zero-order valence-electron chi connectivity index (χ0n) is 13.1. The minimum absolute atomic E-state index is 0.0306. The van der Waals surface area contributed by atoms with Gasteiger partial charge >= 0.3 is 0 Å². The second-order valence-electron chi connectivity index (χ2n) is 5.26. The van der Waals surface area contributed by atoms with Crippen LogP contribution in [0.5, 0.6) is 11.5 Å². The summed E-state index contributed by atoms with van der Waals surface area (Å²) in [4.78, 5) is 14.7. The third kappa shape index (κ3) is 2.93. The predicted molar refractivity (Wildman–Crippen MR) is 93.7 cm³/mol. The van der Waals surface area contributed by atoms with Crippen molar-refractivity contribution >= 4 is 27.5 Å². The van der Waals surface area contributed by atoms with E-state index in [1.165, 1.54) is 5.56 Å². The Kier molecular flexibility index (Phi) is 4.57. The van der Waals surface area contributed by atoms with Crippen LogP contribution in [0.2, 0.25) is 0 Å². The third-order valence-electron chi connectivity index (χ3n) is 3.90. The van der Waals surface area contributed by atoms with Crippen LogP contribution >= 0.6 is 15.9 Å². The van der Waals surface area contributed by atoms with Crippen LogP contribution in [0.25, 0.3) is 0 Å². The maximum atomic E-state index is 12.9. The molecule has 0 saturated carbocycles. The Bertz CT molecular complexity index is 745. The lowest BCUT2D eigenvalue weighted by Crippen LogP contribution is -2.28. The van der Waals surface area contributed by atoms with Crippen LogP contribution in [-0.4, -0.2) is 26.2 Å². The normalized spacial score (nSPS) is 12.9. The number of benzene rings is 2. The van der Waals surface area contributed by atoms with Crippen molar-refractivity contribution in [1.82, 2.24) is 0 Å². The third-order valence-corrected chi connectivity index (χ3v) is 4.49. The number of hydrogen-bond acceptors (Lipinski definition) is 3. The van der Waals surface area contributed by atoms with Gasteiger partial charge in [0.1, 0.15) is 0 Å². The summed E-state index contributed by atoms with van der Waals surface area (Å²) in [6.07, 6.45) is 0.886. The largest absolute Gasteiger partial charge is 0.493 e. The number of anilines is 1. The molecule has 0 spiro atoms. The van der Waals surface area contributed by atoms with Crippen LogP contribution in [0, 0.1) is 0 Å². The molecule has 0 saturated heterocycles. The fourth-order valence-corrected chi connectivity index (χ4v) is 3.39. The number of ether oxygens (including phenoxy) is 2. The van der Waals surface area contributed by atoms with Crippen LogP contribution in [0.4, 0.5) is 5.69 Å². The van der Waals surface area contributed by atoms with Crippen molar-refractivity contribution in [3.63, 3.8) is 0 Å². The van der Waals surface area contributed by atoms with Gasteiger partial charge in [0.25, 0.3) is 5.91 Å². The summed E-state index contributed by atoms with van der Waals surface area (Å²) in [5.74, 6) is 1.14. The second-order valence-corrected chi connectivity index (χ2v) is 6.11. The summed E-state index contributed by atoms with van der Waals surface area (Å²) in [5, 5.41) is 0. The maximum absolute atomic E-state index is 12.9. The van der Waals surface area contributed by atoms with Gasteiger partial charge in [0, 0.05) is 17.8 Å². The molecule has 120 valence electrons. The minimum atomic E-state index is -0.0306. The van der Waals surface area contributed by atoms with E-state index >= 15 is 0 Å². The van der Waals surface area contributed by atoms with Gasteiger partial charge in [0.2, 0.25) is 0 Å². The van der Waals surface area contributed by atoms with E-state index in [4.69, 9.17) is 9.47 Å². The quantitative estimate of drug-likeness (QED) is 0.808. The number of carbonyl (C=O) groups is 1. The highest BCUT2D eigenvalue weighted by atomic mass is 79.9. The summed E-state index contributed by atoms with van der Waals surface area (Å²) in [5.41, 5.74) is 2.77. The number of halogens is 1. The zero-order valence-corrected chi connectivity index (χ0v) is 14.7. The van der Waals surface area contributed by atoms with Gasteiger partial charge in [-0.15, -0.1) is 0 Å². The standard InChI is InChI=1S/C18H18BrNO3/c1-3-23-17-14(19)10-13(11-16(17)22-2)18(21)20-9-8-12-6-4-5-7-15(12)20/h4-7,10-11H,3,8-9H2,1-2H3. The first kappa shape index (κ1) is 15.9. The van der Waals surface area contributed by atoms with Crippen LogP contribution < -0.4 is 14.4 Å². The number of para-hydroxylation sites is 1. The van der Waals surface area contributed by atoms with Crippen molar-refractivity contribution in [2.45, 2.75) is 13.3 Å². The molecule has 0 unspecified atom stereocenters. The molecule has 23 heavy (non-hydrogen) atoms. The van der Waals surface area contributed by atoms with Crippen molar-refractivity contribution in [2.24, 2.45) is 0 Å². The Morgan fingerprint density at radius 3 is 2.83 bits per heavy atom. The smallest absolute Gasteiger partial charge is 0.258 e. The van der Waals surface area contributed by atoms with Gasteiger partial charge in [-0.25, -0.2) is 0 Å². The average Bonchev–Trinajstić information content (AvgIpc) is 3.00. The maximum Gasteiger partial charge on any atom is 0.258 e. The van der Waals surface area contributed by atoms with Crippen molar-refractivity contribution in [1.29, 1.82) is 0 Å². The topological polar surface area (TPSA) is 38.8 Å². The Morgan fingerprint density at radius 2 is 2.09 bits per heavy atom. The molecule has 1 aliphatic rings. The van der Waals surface area contributed by atoms with Gasteiger partial charge in [0.15, 0.2) is 11.5 Å². The minimum Gasteiger partial charge on any atom is -0.493 e. The molecule has 4 nitrogen and oxygen atoms in total. The zero-order chi connectivity index (χ0) is 16.4. The van der Waals surface area contributed by atoms with Gasteiger partial charge in [-0.2, -0.15) is 0 Å². The van der Waals surface area contributed by atoms with E-state index in [0.29, 0.717) is 30.2 Å². The first-order valence-electron chi connectivity index (χ1n) is 7.55.